The van der Waals surface area contributed by atoms with Gasteiger partial charge in [-0.05, 0) is 36.8 Å². The molecule has 0 aliphatic rings. The van der Waals surface area contributed by atoms with Gasteiger partial charge in [-0.1, -0.05) is 34.1 Å². The maximum Gasteiger partial charge on any atom is 0.418 e. The van der Waals surface area contributed by atoms with Crippen molar-refractivity contribution in [3.8, 4) is 0 Å². The highest BCUT2D eigenvalue weighted by molar-refractivity contribution is 9.10. The molecule has 2 aromatic rings. The number of nitrogens with one attached hydrogen (secondary N) is 2. The number of benzene rings is 2. The Kier molecular flexibility index (Phi) is 5.30. The first-order chi connectivity index (χ1) is 10.8. The normalized spacial score (nSPS) is 11.2. The lowest BCUT2D eigenvalue weighted by molar-refractivity contribution is -0.137. The Morgan fingerprint density at radius 1 is 1.17 bits per heavy atom. The summed E-state index contributed by atoms with van der Waals surface area (Å²) in [6, 6.07) is 10.3. The van der Waals surface area contributed by atoms with Gasteiger partial charge in [0, 0.05) is 10.2 Å². The second-order valence-electron chi connectivity index (χ2n) is 4.91. The molecule has 0 aliphatic carbocycles. The molecule has 0 saturated carbocycles. The van der Waals surface area contributed by atoms with Gasteiger partial charge in [0.25, 0.3) is 0 Å². The van der Waals surface area contributed by atoms with E-state index in [1.165, 1.54) is 18.2 Å². The first-order valence-corrected chi connectivity index (χ1v) is 7.53. The fourth-order valence-electron chi connectivity index (χ4n) is 1.92. The zero-order chi connectivity index (χ0) is 17.0. The summed E-state index contributed by atoms with van der Waals surface area (Å²) in [7, 11) is 0. The Labute approximate surface area is 140 Å². The van der Waals surface area contributed by atoms with Gasteiger partial charge in [0.15, 0.2) is 0 Å². The number of carbonyl (C=O) groups is 1. The fraction of sp³-hybridized carbons (Fsp3) is 0.188. The number of amides is 1. The summed E-state index contributed by atoms with van der Waals surface area (Å²) in [5.41, 5.74) is 0.615. The topological polar surface area (TPSA) is 41.1 Å². The van der Waals surface area contributed by atoms with Crippen molar-refractivity contribution in [3.05, 3.63) is 58.1 Å². The van der Waals surface area contributed by atoms with E-state index in [-0.39, 0.29) is 12.2 Å². The molecule has 0 aliphatic heterocycles. The molecule has 3 nitrogen and oxygen atoms in total. The number of para-hydroxylation sites is 1. The molecule has 7 heteroatoms. The van der Waals surface area contributed by atoms with Crippen LogP contribution < -0.4 is 10.6 Å². The molecule has 2 N–H and O–H groups in total. The van der Waals surface area contributed by atoms with E-state index >= 15 is 0 Å². The number of hydrogen-bond donors (Lipinski definition) is 2. The minimum atomic E-state index is -4.51. The predicted molar refractivity (Wildman–Crippen MR) is 87.4 cm³/mol. The maximum atomic E-state index is 12.9. The van der Waals surface area contributed by atoms with Crippen molar-refractivity contribution in [1.29, 1.82) is 0 Å². The summed E-state index contributed by atoms with van der Waals surface area (Å²) in [6.45, 7) is 1.79. The number of aryl methyl sites for hydroxylation is 1. The van der Waals surface area contributed by atoms with E-state index in [1.807, 2.05) is 13.0 Å². The SMILES string of the molecule is Cc1ccc(NCC(=O)Nc2ccccc2C(F)(F)F)cc1Br. The van der Waals surface area contributed by atoms with Gasteiger partial charge in [0.05, 0.1) is 17.8 Å². The van der Waals surface area contributed by atoms with Crippen molar-refractivity contribution in [2.75, 3.05) is 17.2 Å². The highest BCUT2D eigenvalue weighted by atomic mass is 79.9. The van der Waals surface area contributed by atoms with E-state index in [4.69, 9.17) is 0 Å². The van der Waals surface area contributed by atoms with Gasteiger partial charge in [-0.15, -0.1) is 0 Å². The van der Waals surface area contributed by atoms with Crippen LogP contribution in [0.4, 0.5) is 24.5 Å². The van der Waals surface area contributed by atoms with E-state index in [2.05, 4.69) is 26.6 Å². The molecule has 122 valence electrons. The molecule has 0 radical (unpaired) electrons. The summed E-state index contributed by atoms with van der Waals surface area (Å²) in [5, 5.41) is 5.15. The van der Waals surface area contributed by atoms with E-state index in [0.29, 0.717) is 5.69 Å². The van der Waals surface area contributed by atoms with E-state index in [9.17, 15) is 18.0 Å². The van der Waals surface area contributed by atoms with Crippen LogP contribution in [0.1, 0.15) is 11.1 Å². The Morgan fingerprint density at radius 3 is 2.52 bits per heavy atom. The van der Waals surface area contributed by atoms with Gasteiger partial charge in [-0.3, -0.25) is 4.79 Å². The molecular weight excluding hydrogens is 373 g/mol. The van der Waals surface area contributed by atoms with Crippen molar-refractivity contribution < 1.29 is 18.0 Å². The fourth-order valence-corrected chi connectivity index (χ4v) is 2.30. The summed E-state index contributed by atoms with van der Waals surface area (Å²) < 4.78 is 39.5. The molecule has 2 aromatic carbocycles. The number of hydrogen-bond acceptors (Lipinski definition) is 2. The summed E-state index contributed by atoms with van der Waals surface area (Å²) in [6.07, 6.45) is -4.51. The Bertz CT molecular complexity index is 717. The van der Waals surface area contributed by atoms with Crippen molar-refractivity contribution in [3.63, 3.8) is 0 Å². The molecule has 0 aromatic heterocycles. The molecular formula is C16H14BrF3N2O. The summed E-state index contributed by atoms with van der Waals surface area (Å²) in [4.78, 5) is 11.9. The Hall–Kier alpha value is -2.02. The Balaban J connectivity index is 2.02. The zero-order valence-corrected chi connectivity index (χ0v) is 13.8. The highest BCUT2D eigenvalue weighted by Gasteiger charge is 2.33. The number of rotatable bonds is 4. The molecule has 0 unspecified atom stereocenters. The Morgan fingerprint density at radius 2 is 1.87 bits per heavy atom. The second-order valence-corrected chi connectivity index (χ2v) is 5.76. The number of anilines is 2. The minimum absolute atomic E-state index is 0.137. The number of carbonyl (C=O) groups excluding carboxylic acids is 1. The quantitative estimate of drug-likeness (QED) is 0.790. The molecule has 0 bridgehead atoms. The third kappa shape index (κ3) is 4.72. The van der Waals surface area contributed by atoms with Gasteiger partial charge in [0.2, 0.25) is 5.91 Å². The van der Waals surface area contributed by atoms with Gasteiger partial charge in [-0.25, -0.2) is 0 Å². The average Bonchev–Trinajstić information content (AvgIpc) is 2.48. The van der Waals surface area contributed by atoms with Gasteiger partial charge < -0.3 is 10.6 Å². The van der Waals surface area contributed by atoms with E-state index < -0.39 is 17.6 Å². The van der Waals surface area contributed by atoms with E-state index in [0.717, 1.165) is 16.1 Å². The monoisotopic (exact) mass is 386 g/mol. The van der Waals surface area contributed by atoms with Gasteiger partial charge in [0.1, 0.15) is 0 Å². The van der Waals surface area contributed by atoms with Crippen molar-refractivity contribution >= 4 is 33.2 Å². The smallest absolute Gasteiger partial charge is 0.376 e. The van der Waals surface area contributed by atoms with Crippen LogP contribution in [0, 0.1) is 6.92 Å². The third-order valence-corrected chi connectivity index (χ3v) is 3.99. The van der Waals surface area contributed by atoms with E-state index in [1.54, 1.807) is 12.1 Å². The average molecular weight is 387 g/mol. The molecule has 0 saturated heterocycles. The molecule has 0 heterocycles. The molecule has 0 spiro atoms. The molecule has 0 fully saturated rings. The van der Waals surface area contributed by atoms with Gasteiger partial charge in [-0.2, -0.15) is 13.2 Å². The van der Waals surface area contributed by atoms with Crippen molar-refractivity contribution in [2.24, 2.45) is 0 Å². The van der Waals surface area contributed by atoms with Crippen LogP contribution in [0.5, 0.6) is 0 Å². The third-order valence-electron chi connectivity index (χ3n) is 3.13. The van der Waals surface area contributed by atoms with Crippen LogP contribution >= 0.6 is 15.9 Å². The lowest BCUT2D eigenvalue weighted by atomic mass is 10.1. The standard InChI is InChI=1S/C16H14BrF3N2O/c1-10-6-7-11(8-13(10)17)21-9-15(23)22-14-5-3-2-4-12(14)16(18,19)20/h2-8,21H,9H2,1H3,(H,22,23). The number of alkyl halides is 3. The largest absolute Gasteiger partial charge is 0.418 e. The minimum Gasteiger partial charge on any atom is -0.376 e. The first kappa shape index (κ1) is 17.3. The lowest BCUT2D eigenvalue weighted by Gasteiger charge is -2.14. The van der Waals surface area contributed by atoms with Crippen LogP contribution in [0.2, 0.25) is 0 Å². The zero-order valence-electron chi connectivity index (χ0n) is 12.2. The maximum absolute atomic E-state index is 12.9. The summed E-state index contributed by atoms with van der Waals surface area (Å²) in [5.74, 6) is -0.557. The van der Waals surface area contributed by atoms with Crippen LogP contribution in [-0.2, 0) is 11.0 Å². The van der Waals surface area contributed by atoms with Crippen LogP contribution in [-0.4, -0.2) is 12.5 Å². The first-order valence-electron chi connectivity index (χ1n) is 6.73. The predicted octanol–water partition coefficient (Wildman–Crippen LogP) is 4.83. The van der Waals surface area contributed by atoms with Crippen molar-refractivity contribution in [1.82, 2.24) is 0 Å². The summed E-state index contributed by atoms with van der Waals surface area (Å²) >= 11 is 3.37. The highest BCUT2D eigenvalue weighted by Crippen LogP contribution is 2.34. The molecule has 1 amide bonds. The van der Waals surface area contributed by atoms with Crippen LogP contribution in [0.3, 0.4) is 0 Å². The molecule has 0 atom stereocenters. The second kappa shape index (κ2) is 7.04. The molecule has 2 rings (SSSR count). The molecule has 23 heavy (non-hydrogen) atoms. The number of halogens is 4. The lowest BCUT2D eigenvalue weighted by Crippen LogP contribution is -2.23. The van der Waals surface area contributed by atoms with Crippen LogP contribution in [0.15, 0.2) is 46.9 Å². The van der Waals surface area contributed by atoms with Crippen LogP contribution in [0.25, 0.3) is 0 Å². The van der Waals surface area contributed by atoms with Gasteiger partial charge >= 0.3 is 6.18 Å². The van der Waals surface area contributed by atoms with Crippen molar-refractivity contribution in [2.45, 2.75) is 13.1 Å².